The molecule has 1 aliphatic rings. The molecule has 0 bridgehead atoms. The largest absolute Gasteiger partial charge is 0.339 e. The van der Waals surface area contributed by atoms with Crippen LogP contribution >= 0.6 is 11.6 Å². The van der Waals surface area contributed by atoms with E-state index >= 15 is 0 Å². The molecule has 0 radical (unpaired) electrons. The zero-order chi connectivity index (χ0) is 21.8. The second-order valence-corrected chi connectivity index (χ2v) is 8.87. The van der Waals surface area contributed by atoms with Crippen LogP contribution in [0.2, 0.25) is 5.02 Å². The molecule has 0 saturated carbocycles. The molecule has 1 aliphatic heterocycles. The summed E-state index contributed by atoms with van der Waals surface area (Å²) in [5.41, 5.74) is 3.29. The first kappa shape index (κ1) is 21.6. The molecule has 3 aromatic rings. The molecule has 1 unspecified atom stereocenters. The molecular weight excluding hydrogens is 410 g/mol. The van der Waals surface area contributed by atoms with Crippen molar-refractivity contribution in [1.29, 1.82) is 0 Å². The lowest BCUT2D eigenvalue weighted by atomic mass is 10.0. The van der Waals surface area contributed by atoms with Gasteiger partial charge in [0.2, 0.25) is 17.6 Å². The third-order valence-electron chi connectivity index (χ3n) is 5.97. The quantitative estimate of drug-likeness (QED) is 0.477. The normalized spacial score (nSPS) is 16.3. The Morgan fingerprint density at radius 3 is 2.71 bits per heavy atom. The Morgan fingerprint density at radius 2 is 1.97 bits per heavy atom. The number of likely N-dealkylation sites (tertiary alicyclic amines) is 1. The number of amides is 1. The molecule has 5 nitrogen and oxygen atoms in total. The van der Waals surface area contributed by atoms with E-state index in [4.69, 9.17) is 16.1 Å². The fraction of sp³-hybridized carbons (Fsp3) is 0.400. The van der Waals surface area contributed by atoms with E-state index in [-0.39, 0.29) is 11.9 Å². The van der Waals surface area contributed by atoms with E-state index < -0.39 is 0 Å². The highest BCUT2D eigenvalue weighted by molar-refractivity contribution is 6.31. The fourth-order valence-electron chi connectivity index (χ4n) is 4.14. The Labute approximate surface area is 188 Å². The minimum Gasteiger partial charge on any atom is -0.339 e. The van der Waals surface area contributed by atoms with Crippen LogP contribution in [0.5, 0.6) is 0 Å². The predicted octanol–water partition coefficient (Wildman–Crippen LogP) is 5.68. The van der Waals surface area contributed by atoms with Gasteiger partial charge in [0.15, 0.2) is 0 Å². The number of hydrogen-bond donors (Lipinski definition) is 0. The number of carbonyl (C=O) groups excluding carboxylic acids is 1. The number of benzene rings is 2. The highest BCUT2D eigenvalue weighted by Crippen LogP contribution is 2.26. The second kappa shape index (κ2) is 9.65. The SMILES string of the molecule is CC(C)c1ccc(-c2noc(CCC(=O)N3CCCC3Cc3ccccc3Cl)n2)cc1. The van der Waals surface area contributed by atoms with E-state index in [9.17, 15) is 4.79 Å². The molecule has 0 spiro atoms. The van der Waals surface area contributed by atoms with Crippen molar-refractivity contribution in [3.8, 4) is 11.4 Å². The van der Waals surface area contributed by atoms with Crippen LogP contribution in [0.3, 0.4) is 0 Å². The van der Waals surface area contributed by atoms with Gasteiger partial charge in [-0.2, -0.15) is 4.98 Å². The molecule has 1 saturated heterocycles. The van der Waals surface area contributed by atoms with Gasteiger partial charge < -0.3 is 9.42 Å². The topological polar surface area (TPSA) is 59.2 Å². The molecule has 2 heterocycles. The molecular formula is C25H28ClN3O2. The van der Waals surface area contributed by atoms with E-state index in [1.807, 2.05) is 41.3 Å². The van der Waals surface area contributed by atoms with Gasteiger partial charge in [-0.3, -0.25) is 4.79 Å². The Balaban J connectivity index is 1.35. The number of aromatic nitrogens is 2. The van der Waals surface area contributed by atoms with Crippen LogP contribution in [-0.4, -0.2) is 33.5 Å². The summed E-state index contributed by atoms with van der Waals surface area (Å²) < 4.78 is 5.40. The lowest BCUT2D eigenvalue weighted by molar-refractivity contribution is -0.132. The highest BCUT2D eigenvalue weighted by Gasteiger charge is 2.29. The van der Waals surface area contributed by atoms with E-state index in [2.05, 4.69) is 36.1 Å². The molecule has 1 atom stereocenters. The first-order chi connectivity index (χ1) is 15.0. The standard InChI is InChI=1S/C25H28ClN3O2/c1-17(2)18-9-11-19(12-10-18)25-27-23(31-28-25)13-14-24(30)29-15-5-7-21(29)16-20-6-3-4-8-22(20)26/h3-4,6,8-12,17,21H,5,7,13-16H2,1-2H3. The average Bonchev–Trinajstić information content (AvgIpc) is 3.43. The zero-order valence-electron chi connectivity index (χ0n) is 18.1. The van der Waals surface area contributed by atoms with Crippen LogP contribution in [0.25, 0.3) is 11.4 Å². The van der Waals surface area contributed by atoms with Crippen LogP contribution in [0.4, 0.5) is 0 Å². The maximum atomic E-state index is 12.9. The first-order valence-corrected chi connectivity index (χ1v) is 11.3. The summed E-state index contributed by atoms with van der Waals surface area (Å²) in [6, 6.07) is 16.3. The van der Waals surface area contributed by atoms with Gasteiger partial charge in [0.25, 0.3) is 0 Å². The summed E-state index contributed by atoms with van der Waals surface area (Å²) in [6.07, 6.45) is 3.65. The van der Waals surface area contributed by atoms with Gasteiger partial charge in [-0.1, -0.05) is 73.1 Å². The Morgan fingerprint density at radius 1 is 1.19 bits per heavy atom. The maximum absolute atomic E-state index is 12.9. The van der Waals surface area contributed by atoms with Gasteiger partial charge in [0.1, 0.15) is 0 Å². The van der Waals surface area contributed by atoms with Crippen molar-refractivity contribution in [2.75, 3.05) is 6.54 Å². The Bertz CT molecular complexity index is 1030. The van der Waals surface area contributed by atoms with Crippen molar-refractivity contribution >= 4 is 17.5 Å². The number of hydrogen-bond acceptors (Lipinski definition) is 4. The zero-order valence-corrected chi connectivity index (χ0v) is 18.8. The van der Waals surface area contributed by atoms with Gasteiger partial charge in [-0.15, -0.1) is 0 Å². The van der Waals surface area contributed by atoms with Crippen molar-refractivity contribution in [3.05, 3.63) is 70.6 Å². The molecule has 0 N–H and O–H groups in total. The van der Waals surface area contributed by atoms with Crippen molar-refractivity contribution in [3.63, 3.8) is 0 Å². The number of aryl methyl sites for hydroxylation is 1. The molecule has 1 aromatic heterocycles. The predicted molar refractivity (Wildman–Crippen MR) is 122 cm³/mol. The van der Waals surface area contributed by atoms with Crippen molar-refractivity contribution < 1.29 is 9.32 Å². The maximum Gasteiger partial charge on any atom is 0.227 e. The van der Waals surface area contributed by atoms with Crippen LogP contribution < -0.4 is 0 Å². The van der Waals surface area contributed by atoms with Gasteiger partial charge in [0.05, 0.1) is 0 Å². The van der Waals surface area contributed by atoms with Gasteiger partial charge in [0, 0.05) is 36.0 Å². The van der Waals surface area contributed by atoms with Crippen LogP contribution in [0, 0.1) is 0 Å². The summed E-state index contributed by atoms with van der Waals surface area (Å²) in [5, 5.41) is 4.86. The Kier molecular flexibility index (Phi) is 6.71. The number of halogens is 1. The third-order valence-corrected chi connectivity index (χ3v) is 6.34. The van der Waals surface area contributed by atoms with Crippen molar-refractivity contribution in [1.82, 2.24) is 15.0 Å². The molecule has 2 aromatic carbocycles. The van der Waals surface area contributed by atoms with Gasteiger partial charge in [-0.25, -0.2) is 0 Å². The molecule has 4 rings (SSSR count). The first-order valence-electron chi connectivity index (χ1n) is 11.0. The lowest BCUT2D eigenvalue weighted by Crippen LogP contribution is -2.37. The third kappa shape index (κ3) is 5.16. The summed E-state index contributed by atoms with van der Waals surface area (Å²) in [6.45, 7) is 5.13. The molecule has 0 aliphatic carbocycles. The van der Waals surface area contributed by atoms with Crippen LogP contribution in [-0.2, 0) is 17.6 Å². The van der Waals surface area contributed by atoms with E-state index in [0.717, 1.165) is 42.0 Å². The summed E-state index contributed by atoms with van der Waals surface area (Å²) in [7, 11) is 0. The smallest absolute Gasteiger partial charge is 0.227 e. The van der Waals surface area contributed by atoms with Crippen molar-refractivity contribution in [2.45, 2.75) is 57.9 Å². The molecule has 162 valence electrons. The van der Waals surface area contributed by atoms with E-state index in [1.165, 1.54) is 5.56 Å². The van der Waals surface area contributed by atoms with E-state index in [0.29, 0.717) is 30.5 Å². The summed E-state index contributed by atoms with van der Waals surface area (Å²) in [5.74, 6) is 1.68. The summed E-state index contributed by atoms with van der Waals surface area (Å²) >= 11 is 6.32. The van der Waals surface area contributed by atoms with Crippen molar-refractivity contribution in [2.24, 2.45) is 0 Å². The highest BCUT2D eigenvalue weighted by atomic mass is 35.5. The molecule has 6 heteroatoms. The molecule has 1 amide bonds. The minimum absolute atomic E-state index is 0.135. The number of nitrogens with zero attached hydrogens (tertiary/aromatic N) is 3. The molecule has 31 heavy (non-hydrogen) atoms. The van der Waals surface area contributed by atoms with Gasteiger partial charge in [-0.05, 0) is 42.4 Å². The second-order valence-electron chi connectivity index (χ2n) is 8.47. The lowest BCUT2D eigenvalue weighted by Gasteiger charge is -2.25. The summed E-state index contributed by atoms with van der Waals surface area (Å²) in [4.78, 5) is 19.4. The van der Waals surface area contributed by atoms with Crippen LogP contribution in [0.1, 0.15) is 56.0 Å². The number of carbonyl (C=O) groups is 1. The van der Waals surface area contributed by atoms with Crippen LogP contribution in [0.15, 0.2) is 53.1 Å². The minimum atomic E-state index is 0.135. The van der Waals surface area contributed by atoms with E-state index in [1.54, 1.807) is 0 Å². The fourth-order valence-corrected chi connectivity index (χ4v) is 4.36. The number of rotatable bonds is 7. The molecule has 1 fully saturated rings. The average molecular weight is 438 g/mol. The monoisotopic (exact) mass is 437 g/mol. The Hall–Kier alpha value is -2.66. The van der Waals surface area contributed by atoms with Gasteiger partial charge >= 0.3 is 0 Å².